The second-order valence-corrected chi connectivity index (χ2v) is 7.85. The number of nitrogens with one attached hydrogen (secondary N) is 1. The van der Waals surface area contributed by atoms with E-state index in [9.17, 15) is 5.11 Å². The number of fused-ring (bicyclic) bond motifs is 3. The van der Waals surface area contributed by atoms with Crippen molar-refractivity contribution in [2.45, 2.75) is 58.0 Å². The molecule has 0 aliphatic heterocycles. The number of H-pyrrole nitrogens is 1. The largest absolute Gasteiger partial charge is 0.390 e. The molecule has 3 aromatic heterocycles. The molecule has 3 heterocycles. The fourth-order valence-electron chi connectivity index (χ4n) is 4.52. The first-order chi connectivity index (χ1) is 11.5. The van der Waals surface area contributed by atoms with Gasteiger partial charge in [-0.2, -0.15) is 0 Å². The van der Waals surface area contributed by atoms with Gasteiger partial charge in [0.1, 0.15) is 5.82 Å². The van der Waals surface area contributed by atoms with Crippen molar-refractivity contribution in [2.24, 2.45) is 11.8 Å². The molecule has 0 unspecified atom stereocenters. The van der Waals surface area contributed by atoms with Gasteiger partial charge in [-0.15, -0.1) is 10.2 Å². The molecule has 1 aliphatic rings. The number of hydrogen-bond acceptors (Lipinski definition) is 4. The zero-order valence-electron chi connectivity index (χ0n) is 14.5. The van der Waals surface area contributed by atoms with Crippen molar-refractivity contribution in [2.75, 3.05) is 0 Å². The summed E-state index contributed by atoms with van der Waals surface area (Å²) >= 11 is 0. The van der Waals surface area contributed by atoms with E-state index in [0.717, 1.165) is 48.3 Å². The molecule has 24 heavy (non-hydrogen) atoms. The summed E-state index contributed by atoms with van der Waals surface area (Å²) in [7, 11) is 0. The van der Waals surface area contributed by atoms with Gasteiger partial charge in [0.05, 0.1) is 17.3 Å². The van der Waals surface area contributed by atoms with Crippen molar-refractivity contribution in [3.05, 3.63) is 24.3 Å². The van der Waals surface area contributed by atoms with E-state index in [1.807, 2.05) is 26.1 Å². The van der Waals surface area contributed by atoms with Crippen LogP contribution in [0.3, 0.4) is 0 Å². The number of nitrogens with zero attached hydrogens (tertiary/aromatic N) is 4. The molecule has 0 amide bonds. The summed E-state index contributed by atoms with van der Waals surface area (Å²) in [6.07, 6.45) is 7.88. The third kappa shape index (κ3) is 2.59. The third-order valence-electron chi connectivity index (χ3n) is 5.40. The fourth-order valence-corrected chi connectivity index (χ4v) is 4.52. The summed E-state index contributed by atoms with van der Waals surface area (Å²) in [6.45, 7) is 6.06. The Hall–Kier alpha value is -1.95. The average molecular weight is 327 g/mol. The molecule has 6 nitrogen and oxygen atoms in total. The zero-order valence-corrected chi connectivity index (χ0v) is 14.5. The summed E-state index contributed by atoms with van der Waals surface area (Å²) in [5.74, 6) is 2.56. The Morgan fingerprint density at radius 2 is 2.17 bits per heavy atom. The maximum atomic E-state index is 10.2. The molecule has 128 valence electrons. The molecule has 0 bridgehead atoms. The van der Waals surface area contributed by atoms with E-state index in [0.29, 0.717) is 17.8 Å². The molecule has 3 aromatic rings. The first-order valence-corrected chi connectivity index (χ1v) is 8.85. The first-order valence-electron chi connectivity index (χ1n) is 8.85. The van der Waals surface area contributed by atoms with Crippen LogP contribution in [0.25, 0.3) is 16.8 Å². The van der Waals surface area contributed by atoms with Gasteiger partial charge in [0.25, 0.3) is 0 Å². The Bertz CT molecular complexity index is 859. The molecule has 1 saturated carbocycles. The number of rotatable bonds is 4. The van der Waals surface area contributed by atoms with Gasteiger partial charge < -0.3 is 10.1 Å². The van der Waals surface area contributed by atoms with Gasteiger partial charge in [0.2, 0.25) is 0 Å². The van der Waals surface area contributed by atoms with E-state index in [1.54, 1.807) is 6.20 Å². The summed E-state index contributed by atoms with van der Waals surface area (Å²) in [5.41, 5.74) is 2.09. The van der Waals surface area contributed by atoms with E-state index in [2.05, 4.69) is 31.5 Å². The Kier molecular flexibility index (Phi) is 3.60. The van der Waals surface area contributed by atoms with Crippen molar-refractivity contribution < 1.29 is 5.11 Å². The monoisotopic (exact) mass is 327 g/mol. The molecule has 3 atom stereocenters. The van der Waals surface area contributed by atoms with Crippen LogP contribution in [0.4, 0.5) is 0 Å². The Morgan fingerprint density at radius 1 is 1.33 bits per heavy atom. The van der Waals surface area contributed by atoms with Crippen molar-refractivity contribution >= 4 is 16.8 Å². The molecular formula is C18H25N5O. The van der Waals surface area contributed by atoms with Crippen LogP contribution in [0.2, 0.25) is 0 Å². The summed E-state index contributed by atoms with van der Waals surface area (Å²) < 4.78 is 2.15. The number of aromatic nitrogens is 5. The molecule has 0 saturated heterocycles. The smallest absolute Gasteiger partial charge is 0.179 e. The highest BCUT2D eigenvalue weighted by molar-refractivity contribution is 5.74. The summed E-state index contributed by atoms with van der Waals surface area (Å²) in [6, 6.07) is 2.03. The van der Waals surface area contributed by atoms with Crippen LogP contribution >= 0.6 is 0 Å². The van der Waals surface area contributed by atoms with E-state index in [1.165, 1.54) is 0 Å². The molecule has 6 heteroatoms. The minimum atomic E-state index is -0.609. The lowest BCUT2D eigenvalue weighted by molar-refractivity contribution is 0.0527. The zero-order chi connectivity index (χ0) is 16.9. The van der Waals surface area contributed by atoms with Crippen molar-refractivity contribution in [3.8, 4) is 0 Å². The lowest BCUT2D eigenvalue weighted by atomic mass is 9.91. The Labute approximate surface area is 141 Å². The van der Waals surface area contributed by atoms with Crippen molar-refractivity contribution in [3.63, 3.8) is 0 Å². The number of hydrogen-bond donors (Lipinski definition) is 2. The van der Waals surface area contributed by atoms with Gasteiger partial charge in [-0.25, -0.2) is 4.98 Å². The quantitative estimate of drug-likeness (QED) is 0.770. The molecule has 1 fully saturated rings. The predicted molar refractivity (Wildman–Crippen MR) is 92.8 cm³/mol. The SMILES string of the molecule is CC[C@@H]1C[C@@H](CC(C)(C)O)C[C@H]1c1nnc2cnc3[nH]ccc3n12. The van der Waals surface area contributed by atoms with Gasteiger partial charge in [-0.05, 0) is 51.0 Å². The van der Waals surface area contributed by atoms with E-state index in [4.69, 9.17) is 0 Å². The van der Waals surface area contributed by atoms with Gasteiger partial charge in [-0.1, -0.05) is 13.3 Å². The third-order valence-corrected chi connectivity index (χ3v) is 5.40. The normalized spacial score (nSPS) is 25.1. The number of aromatic amines is 1. The molecule has 0 aromatic carbocycles. The van der Waals surface area contributed by atoms with Crippen LogP contribution in [0, 0.1) is 11.8 Å². The number of aliphatic hydroxyl groups is 1. The van der Waals surface area contributed by atoms with Gasteiger partial charge >= 0.3 is 0 Å². The summed E-state index contributed by atoms with van der Waals surface area (Å²) in [5, 5.41) is 19.1. The second-order valence-electron chi connectivity index (χ2n) is 7.85. The lowest BCUT2D eigenvalue weighted by Crippen LogP contribution is -2.22. The maximum absolute atomic E-state index is 10.2. The second kappa shape index (κ2) is 5.55. The van der Waals surface area contributed by atoms with E-state index >= 15 is 0 Å². The molecular weight excluding hydrogens is 302 g/mol. The molecule has 4 rings (SSSR count). The maximum Gasteiger partial charge on any atom is 0.179 e. The van der Waals surface area contributed by atoms with E-state index in [-0.39, 0.29) is 0 Å². The van der Waals surface area contributed by atoms with Crippen LogP contribution in [-0.2, 0) is 0 Å². The lowest BCUT2D eigenvalue weighted by Gasteiger charge is -2.21. The predicted octanol–water partition coefficient (Wildman–Crippen LogP) is 3.29. The minimum absolute atomic E-state index is 0.387. The van der Waals surface area contributed by atoms with Crippen LogP contribution in [0.1, 0.15) is 58.2 Å². The fraction of sp³-hybridized carbons (Fsp3) is 0.611. The molecule has 1 aliphatic carbocycles. The van der Waals surface area contributed by atoms with Gasteiger partial charge in [0, 0.05) is 12.1 Å². The van der Waals surface area contributed by atoms with Crippen LogP contribution in [-0.4, -0.2) is 35.3 Å². The molecule has 0 radical (unpaired) electrons. The van der Waals surface area contributed by atoms with Crippen LogP contribution < -0.4 is 0 Å². The molecule has 0 spiro atoms. The Morgan fingerprint density at radius 3 is 2.92 bits per heavy atom. The highest BCUT2D eigenvalue weighted by atomic mass is 16.3. The standard InChI is InChI=1S/C18H25N5O/c1-4-12-7-11(9-18(2,3)24)8-13(12)17-22-21-15-10-20-16-14(23(15)17)5-6-19-16/h5-6,10-13,19,24H,4,7-9H2,1-3H3/t11-,12-,13-/m1/s1. The first kappa shape index (κ1) is 15.6. The summed E-state index contributed by atoms with van der Waals surface area (Å²) in [4.78, 5) is 7.56. The molecule has 2 N–H and O–H groups in total. The highest BCUT2D eigenvalue weighted by Crippen LogP contribution is 2.46. The topological polar surface area (TPSA) is 79.1 Å². The van der Waals surface area contributed by atoms with Crippen LogP contribution in [0.5, 0.6) is 0 Å². The minimum Gasteiger partial charge on any atom is -0.390 e. The van der Waals surface area contributed by atoms with Gasteiger partial charge in [0.15, 0.2) is 11.3 Å². The van der Waals surface area contributed by atoms with Gasteiger partial charge in [-0.3, -0.25) is 4.40 Å². The highest BCUT2D eigenvalue weighted by Gasteiger charge is 2.38. The van der Waals surface area contributed by atoms with Crippen LogP contribution in [0.15, 0.2) is 18.5 Å². The van der Waals surface area contributed by atoms with Crippen molar-refractivity contribution in [1.29, 1.82) is 0 Å². The van der Waals surface area contributed by atoms with Crippen molar-refractivity contribution in [1.82, 2.24) is 24.6 Å². The average Bonchev–Trinajstić information content (AvgIpc) is 3.21. The van der Waals surface area contributed by atoms with E-state index < -0.39 is 5.60 Å². The Balaban J connectivity index is 1.74.